The molecule has 0 saturated carbocycles. The van der Waals surface area contributed by atoms with E-state index in [0.717, 1.165) is 30.2 Å². The minimum atomic E-state index is -0.207. The van der Waals surface area contributed by atoms with Crippen molar-refractivity contribution in [3.05, 3.63) is 36.2 Å². The Labute approximate surface area is 158 Å². The number of carbonyl (C=O) groups excluding carboxylic acids is 1. The van der Waals surface area contributed by atoms with Crippen molar-refractivity contribution in [2.45, 2.75) is 25.9 Å². The Bertz CT molecular complexity index is 934. The fraction of sp³-hybridized carbons (Fsp3) is 0.400. The number of carbonyl (C=O) groups is 1. The highest BCUT2D eigenvalue weighted by Crippen LogP contribution is 2.37. The van der Waals surface area contributed by atoms with Crippen molar-refractivity contribution in [2.24, 2.45) is 0 Å². The van der Waals surface area contributed by atoms with Crippen molar-refractivity contribution in [1.82, 2.24) is 14.9 Å². The average molecular weight is 362 g/mol. The Morgan fingerprint density at radius 3 is 2.85 bits per heavy atom. The van der Waals surface area contributed by atoms with Gasteiger partial charge in [0.15, 0.2) is 5.82 Å². The van der Waals surface area contributed by atoms with Gasteiger partial charge < -0.3 is 9.80 Å². The number of piperazine rings is 1. The van der Waals surface area contributed by atoms with Gasteiger partial charge in [0.2, 0.25) is 0 Å². The molecule has 2 aliphatic heterocycles. The van der Waals surface area contributed by atoms with E-state index in [9.17, 15) is 10.1 Å². The van der Waals surface area contributed by atoms with E-state index in [-0.39, 0.29) is 11.9 Å². The number of fused-ring (bicyclic) bond motifs is 3. The van der Waals surface area contributed by atoms with Crippen LogP contribution in [-0.2, 0) is 4.79 Å². The standard InChI is InChI=1S/C20H22N6O/c1-13(2)25-7-8-26-17(12-25)20(27)24(3)16-9-15(11-23-19(16)26)18-14(10-21)5-4-6-22-18/h4-6,9,11,13,17H,7-8,12H2,1-3H3/t17-/m1/s1. The lowest BCUT2D eigenvalue weighted by Crippen LogP contribution is -2.63. The Morgan fingerprint density at radius 1 is 1.30 bits per heavy atom. The third kappa shape index (κ3) is 2.82. The highest BCUT2D eigenvalue weighted by molar-refractivity contribution is 6.05. The Hall–Kier alpha value is -2.98. The molecule has 0 radical (unpaired) electrons. The van der Waals surface area contributed by atoms with Crippen LogP contribution in [0.5, 0.6) is 0 Å². The molecule has 27 heavy (non-hydrogen) atoms. The second-order valence-corrected chi connectivity index (χ2v) is 7.27. The SMILES string of the molecule is CC(C)N1CCN2c3ncc(-c4ncccc4C#N)cc3N(C)C(=O)[C@H]2C1. The van der Waals surface area contributed by atoms with Crippen LogP contribution in [0.15, 0.2) is 30.6 Å². The Balaban J connectivity index is 1.75. The highest BCUT2D eigenvalue weighted by Gasteiger charge is 2.41. The van der Waals surface area contributed by atoms with Gasteiger partial charge in [-0.15, -0.1) is 0 Å². The summed E-state index contributed by atoms with van der Waals surface area (Å²) < 4.78 is 0. The molecule has 0 aliphatic carbocycles. The molecule has 1 atom stereocenters. The number of nitrogens with zero attached hydrogens (tertiary/aromatic N) is 6. The predicted octanol–water partition coefficient (Wildman–Crippen LogP) is 1.89. The maximum atomic E-state index is 13.0. The molecular formula is C20H22N6O. The van der Waals surface area contributed by atoms with Crippen LogP contribution >= 0.6 is 0 Å². The number of rotatable bonds is 2. The summed E-state index contributed by atoms with van der Waals surface area (Å²) in [7, 11) is 1.79. The van der Waals surface area contributed by atoms with Crippen molar-refractivity contribution in [3.8, 4) is 17.3 Å². The molecule has 1 fully saturated rings. The van der Waals surface area contributed by atoms with E-state index in [0.29, 0.717) is 23.8 Å². The zero-order valence-corrected chi connectivity index (χ0v) is 15.8. The van der Waals surface area contributed by atoms with Gasteiger partial charge in [-0.05, 0) is 32.0 Å². The zero-order chi connectivity index (χ0) is 19.1. The molecule has 7 nitrogen and oxygen atoms in total. The highest BCUT2D eigenvalue weighted by atomic mass is 16.2. The van der Waals surface area contributed by atoms with Gasteiger partial charge in [0.05, 0.1) is 16.9 Å². The maximum Gasteiger partial charge on any atom is 0.250 e. The molecule has 0 unspecified atom stereocenters. The fourth-order valence-electron chi connectivity index (χ4n) is 3.85. The molecule has 2 aromatic heterocycles. The normalized spacial score (nSPS) is 19.7. The third-order valence-electron chi connectivity index (χ3n) is 5.44. The molecule has 0 N–H and O–H groups in total. The van der Waals surface area contributed by atoms with Gasteiger partial charge in [-0.2, -0.15) is 5.26 Å². The second kappa shape index (κ2) is 6.63. The van der Waals surface area contributed by atoms with Crippen LogP contribution in [0, 0.1) is 11.3 Å². The number of likely N-dealkylation sites (N-methyl/N-ethyl adjacent to an activating group) is 1. The molecule has 7 heteroatoms. The van der Waals surface area contributed by atoms with Crippen LogP contribution in [0.2, 0.25) is 0 Å². The molecule has 1 amide bonds. The summed E-state index contributed by atoms with van der Waals surface area (Å²) in [5.74, 6) is 0.900. The summed E-state index contributed by atoms with van der Waals surface area (Å²) in [6.07, 6.45) is 3.41. The number of aromatic nitrogens is 2. The summed E-state index contributed by atoms with van der Waals surface area (Å²) in [5, 5.41) is 9.35. The van der Waals surface area contributed by atoms with Gasteiger partial charge in [0, 0.05) is 50.7 Å². The number of hydrogen-bond acceptors (Lipinski definition) is 6. The predicted molar refractivity (Wildman–Crippen MR) is 103 cm³/mol. The van der Waals surface area contributed by atoms with Crippen molar-refractivity contribution < 1.29 is 4.79 Å². The third-order valence-corrected chi connectivity index (χ3v) is 5.44. The van der Waals surface area contributed by atoms with Crippen LogP contribution in [-0.4, -0.2) is 59.5 Å². The van der Waals surface area contributed by atoms with Crippen LogP contribution in [0.4, 0.5) is 11.5 Å². The Morgan fingerprint density at radius 2 is 2.11 bits per heavy atom. The first-order valence-electron chi connectivity index (χ1n) is 9.15. The minimum Gasteiger partial charge on any atom is -0.340 e. The van der Waals surface area contributed by atoms with Crippen molar-refractivity contribution in [2.75, 3.05) is 36.5 Å². The quantitative estimate of drug-likeness (QED) is 0.812. The lowest BCUT2D eigenvalue weighted by Gasteiger charge is -2.47. The van der Waals surface area contributed by atoms with Gasteiger partial charge in [-0.3, -0.25) is 14.7 Å². The van der Waals surface area contributed by atoms with E-state index in [1.54, 1.807) is 36.5 Å². The maximum absolute atomic E-state index is 13.0. The van der Waals surface area contributed by atoms with E-state index in [4.69, 9.17) is 0 Å². The summed E-state index contributed by atoms with van der Waals surface area (Å²) >= 11 is 0. The lowest BCUT2D eigenvalue weighted by atomic mass is 10.0. The minimum absolute atomic E-state index is 0.0772. The van der Waals surface area contributed by atoms with Crippen molar-refractivity contribution in [3.63, 3.8) is 0 Å². The molecule has 4 heterocycles. The number of hydrogen-bond donors (Lipinski definition) is 0. The summed E-state index contributed by atoms with van der Waals surface area (Å²) in [6.45, 7) is 6.71. The number of pyridine rings is 2. The van der Waals surface area contributed by atoms with Crippen LogP contribution in [0.3, 0.4) is 0 Å². The number of nitriles is 1. The van der Waals surface area contributed by atoms with E-state index < -0.39 is 0 Å². The van der Waals surface area contributed by atoms with Crippen LogP contribution in [0.25, 0.3) is 11.3 Å². The molecule has 2 aliphatic rings. The van der Waals surface area contributed by atoms with Crippen LogP contribution < -0.4 is 9.80 Å². The second-order valence-electron chi connectivity index (χ2n) is 7.27. The smallest absolute Gasteiger partial charge is 0.250 e. The average Bonchev–Trinajstić information content (AvgIpc) is 2.71. The first-order valence-corrected chi connectivity index (χ1v) is 9.15. The number of anilines is 2. The van der Waals surface area contributed by atoms with Gasteiger partial charge in [-0.1, -0.05) is 0 Å². The van der Waals surface area contributed by atoms with Crippen molar-refractivity contribution >= 4 is 17.4 Å². The molecular weight excluding hydrogens is 340 g/mol. The molecule has 0 spiro atoms. The van der Waals surface area contributed by atoms with Crippen molar-refractivity contribution in [1.29, 1.82) is 5.26 Å². The monoisotopic (exact) mass is 362 g/mol. The van der Waals surface area contributed by atoms with E-state index in [1.165, 1.54) is 0 Å². The van der Waals surface area contributed by atoms with Gasteiger partial charge in [0.1, 0.15) is 12.1 Å². The van der Waals surface area contributed by atoms with Gasteiger partial charge in [0.25, 0.3) is 5.91 Å². The molecule has 2 aromatic rings. The van der Waals surface area contributed by atoms with E-state index in [2.05, 4.69) is 39.7 Å². The molecule has 0 aromatic carbocycles. The fourth-order valence-corrected chi connectivity index (χ4v) is 3.85. The first kappa shape index (κ1) is 17.4. The molecule has 1 saturated heterocycles. The Kier molecular flexibility index (Phi) is 4.28. The topological polar surface area (TPSA) is 76.4 Å². The first-order chi connectivity index (χ1) is 13.0. The number of amides is 1. The largest absolute Gasteiger partial charge is 0.340 e. The summed E-state index contributed by atoms with van der Waals surface area (Å²) in [6, 6.07) is 7.76. The van der Waals surface area contributed by atoms with E-state index >= 15 is 0 Å². The molecule has 0 bridgehead atoms. The van der Waals surface area contributed by atoms with Crippen LogP contribution in [0.1, 0.15) is 19.4 Å². The zero-order valence-electron chi connectivity index (χ0n) is 15.8. The van der Waals surface area contributed by atoms with E-state index in [1.807, 2.05) is 6.07 Å². The van der Waals surface area contributed by atoms with Gasteiger partial charge in [-0.25, -0.2) is 4.98 Å². The summed E-state index contributed by atoms with van der Waals surface area (Å²) in [4.78, 5) is 28.2. The molecule has 4 rings (SSSR count). The molecule has 138 valence electrons. The lowest BCUT2D eigenvalue weighted by molar-refractivity contribution is -0.121. The van der Waals surface area contributed by atoms with Gasteiger partial charge >= 0.3 is 0 Å². The summed E-state index contributed by atoms with van der Waals surface area (Å²) in [5.41, 5.74) is 2.58.